The Morgan fingerprint density at radius 1 is 0.892 bits per heavy atom. The van der Waals surface area contributed by atoms with Gasteiger partial charge in [-0.15, -0.1) is 0 Å². The van der Waals surface area contributed by atoms with Crippen LogP contribution >= 0.6 is 0 Å². The number of nitrogens with zero attached hydrogens (tertiary/aromatic N) is 2. The number of sulfone groups is 1. The van der Waals surface area contributed by atoms with Gasteiger partial charge in [0, 0.05) is 12.7 Å². The van der Waals surface area contributed by atoms with Gasteiger partial charge in [0.15, 0.2) is 9.84 Å². The largest absolute Gasteiger partial charge is 0.489 e. The molecule has 3 aromatic carbocycles. The Hall–Kier alpha value is -3.48. The number of aromatic nitrogens is 1. The Bertz CT molecular complexity index is 1420. The third-order valence-electron chi connectivity index (χ3n) is 6.78. The van der Waals surface area contributed by atoms with E-state index in [1.165, 1.54) is 12.0 Å². The lowest BCUT2D eigenvalue weighted by atomic mass is 10.1. The van der Waals surface area contributed by atoms with E-state index in [0.29, 0.717) is 23.3 Å². The van der Waals surface area contributed by atoms with Crippen LogP contribution in [0.25, 0.3) is 0 Å². The smallest absolute Gasteiger partial charge is 0.182 e. The van der Waals surface area contributed by atoms with Crippen LogP contribution in [0.5, 0.6) is 5.75 Å². The van der Waals surface area contributed by atoms with Crippen molar-refractivity contribution in [2.75, 3.05) is 6.54 Å². The van der Waals surface area contributed by atoms with Gasteiger partial charge in [-0.3, -0.25) is 9.88 Å². The molecule has 0 radical (unpaired) electrons. The van der Waals surface area contributed by atoms with Crippen molar-refractivity contribution in [3.63, 3.8) is 0 Å². The lowest BCUT2D eigenvalue weighted by Crippen LogP contribution is -2.23. The van der Waals surface area contributed by atoms with E-state index in [-0.39, 0.29) is 5.75 Å². The third kappa shape index (κ3) is 6.45. The first kappa shape index (κ1) is 25.2. The molecule has 5 nitrogen and oxygen atoms in total. The molecule has 1 aromatic heterocycles. The van der Waals surface area contributed by atoms with E-state index >= 15 is 0 Å². The maximum Gasteiger partial charge on any atom is 0.182 e. The summed E-state index contributed by atoms with van der Waals surface area (Å²) in [4.78, 5) is 7.41. The van der Waals surface area contributed by atoms with Gasteiger partial charge in [0.25, 0.3) is 0 Å². The molecule has 1 aliphatic rings. The van der Waals surface area contributed by atoms with Crippen LogP contribution in [0.1, 0.15) is 46.8 Å². The summed E-state index contributed by atoms with van der Waals surface area (Å²) in [6.07, 6.45) is 4.21. The fourth-order valence-corrected chi connectivity index (χ4v) is 6.33. The summed E-state index contributed by atoms with van der Waals surface area (Å²) in [6, 6.07) is 29.3. The molecule has 1 fully saturated rings. The zero-order valence-electron chi connectivity index (χ0n) is 21.1. The monoisotopic (exact) mass is 512 g/mol. The van der Waals surface area contributed by atoms with Gasteiger partial charge in [-0.05, 0) is 85.0 Å². The molecule has 0 aliphatic carbocycles. The van der Waals surface area contributed by atoms with Crippen molar-refractivity contribution in [2.24, 2.45) is 0 Å². The first-order valence-corrected chi connectivity index (χ1v) is 14.4. The van der Waals surface area contributed by atoms with Crippen LogP contribution in [0, 0.1) is 6.92 Å². The Morgan fingerprint density at radius 2 is 1.65 bits per heavy atom. The maximum absolute atomic E-state index is 12.8. The van der Waals surface area contributed by atoms with Gasteiger partial charge in [-0.25, -0.2) is 8.42 Å². The fourth-order valence-electron chi connectivity index (χ4n) is 4.99. The van der Waals surface area contributed by atoms with Crippen molar-refractivity contribution in [2.45, 2.75) is 49.6 Å². The van der Waals surface area contributed by atoms with Crippen molar-refractivity contribution in [3.05, 3.63) is 125 Å². The number of likely N-dealkylation sites (tertiary alicyclic amines) is 1. The molecule has 0 bridgehead atoms. The fraction of sp³-hybridized carbons (Fsp3) is 0.258. The lowest BCUT2D eigenvalue weighted by Gasteiger charge is -2.24. The van der Waals surface area contributed by atoms with E-state index < -0.39 is 9.84 Å². The van der Waals surface area contributed by atoms with E-state index in [9.17, 15) is 8.42 Å². The average molecular weight is 513 g/mol. The quantitative estimate of drug-likeness (QED) is 0.264. The second-order valence-electron chi connectivity index (χ2n) is 9.71. The summed E-state index contributed by atoms with van der Waals surface area (Å²) >= 11 is 0. The summed E-state index contributed by atoms with van der Waals surface area (Å²) in [5, 5.41) is 0. The number of rotatable bonds is 9. The summed E-state index contributed by atoms with van der Waals surface area (Å²) in [7, 11) is -3.41. The summed E-state index contributed by atoms with van der Waals surface area (Å²) in [5.74, 6) is 0.623. The molecule has 37 heavy (non-hydrogen) atoms. The van der Waals surface area contributed by atoms with Crippen molar-refractivity contribution in [1.82, 2.24) is 9.88 Å². The summed E-state index contributed by atoms with van der Waals surface area (Å²) in [6.45, 7) is 4.37. The highest BCUT2D eigenvalue weighted by Crippen LogP contribution is 2.32. The predicted molar refractivity (Wildman–Crippen MR) is 146 cm³/mol. The van der Waals surface area contributed by atoms with Crippen molar-refractivity contribution >= 4 is 9.84 Å². The molecular formula is C31H32N2O3S. The van der Waals surface area contributed by atoms with Gasteiger partial charge in [-0.1, -0.05) is 54.6 Å². The van der Waals surface area contributed by atoms with Gasteiger partial charge in [-0.2, -0.15) is 0 Å². The second-order valence-corrected chi connectivity index (χ2v) is 11.7. The first-order valence-electron chi connectivity index (χ1n) is 12.7. The molecule has 4 aromatic rings. The topological polar surface area (TPSA) is 59.5 Å². The zero-order chi connectivity index (χ0) is 25.7. The molecule has 190 valence electrons. The molecule has 2 heterocycles. The minimum Gasteiger partial charge on any atom is -0.489 e. The Balaban J connectivity index is 1.20. The maximum atomic E-state index is 12.8. The SMILES string of the molecule is Cc1cc(CS(=O)(=O)c2ccccc2)cc(OCc2ccc(CN3CCCC3c3ccccn3)cc2)c1. The van der Waals surface area contributed by atoms with Crippen LogP contribution in [0.3, 0.4) is 0 Å². The van der Waals surface area contributed by atoms with Crippen LogP contribution in [0.2, 0.25) is 0 Å². The second kappa shape index (κ2) is 11.3. The van der Waals surface area contributed by atoms with E-state index in [1.54, 1.807) is 24.3 Å². The predicted octanol–water partition coefficient (Wildman–Crippen LogP) is 6.28. The molecule has 0 amide bonds. The van der Waals surface area contributed by atoms with Gasteiger partial charge in [0.05, 0.1) is 22.4 Å². The highest BCUT2D eigenvalue weighted by Gasteiger charge is 2.26. The number of benzene rings is 3. The highest BCUT2D eigenvalue weighted by molar-refractivity contribution is 7.90. The zero-order valence-corrected chi connectivity index (χ0v) is 21.9. The van der Waals surface area contributed by atoms with Gasteiger partial charge in [0.1, 0.15) is 12.4 Å². The molecule has 0 N–H and O–H groups in total. The van der Waals surface area contributed by atoms with Gasteiger partial charge >= 0.3 is 0 Å². The van der Waals surface area contributed by atoms with Crippen LogP contribution in [0.15, 0.2) is 102 Å². The molecule has 6 heteroatoms. The van der Waals surface area contributed by atoms with Gasteiger partial charge < -0.3 is 4.74 Å². The molecule has 1 unspecified atom stereocenters. The van der Waals surface area contributed by atoms with Crippen LogP contribution in [-0.2, 0) is 28.7 Å². The van der Waals surface area contributed by atoms with E-state index in [2.05, 4.69) is 46.3 Å². The molecule has 1 saturated heterocycles. The number of pyridine rings is 1. The minimum absolute atomic E-state index is 0.0558. The molecular weight excluding hydrogens is 480 g/mol. The molecule has 1 atom stereocenters. The normalized spacial score (nSPS) is 16.1. The number of aryl methyl sites for hydroxylation is 1. The lowest BCUT2D eigenvalue weighted by molar-refractivity contribution is 0.244. The number of hydrogen-bond donors (Lipinski definition) is 0. The van der Waals surface area contributed by atoms with Crippen molar-refractivity contribution in [1.29, 1.82) is 0 Å². The van der Waals surface area contributed by atoms with E-state index in [0.717, 1.165) is 41.9 Å². The van der Waals surface area contributed by atoms with Gasteiger partial charge in [0.2, 0.25) is 0 Å². The standard InChI is InChI=1S/C31H32N2O3S/c1-24-18-27(23-37(34,35)29-8-3-2-4-9-29)20-28(19-24)36-22-26-14-12-25(13-15-26)21-33-17-7-11-31(33)30-10-5-6-16-32-30/h2-6,8-10,12-16,18-20,31H,7,11,17,21-23H2,1H3. The third-order valence-corrected chi connectivity index (χ3v) is 8.48. The molecule has 0 saturated carbocycles. The summed E-state index contributed by atoms with van der Waals surface area (Å²) in [5.41, 5.74) is 5.20. The highest BCUT2D eigenvalue weighted by atomic mass is 32.2. The molecule has 0 spiro atoms. The van der Waals surface area contributed by atoms with Crippen molar-refractivity contribution in [3.8, 4) is 5.75 Å². The Morgan fingerprint density at radius 3 is 2.41 bits per heavy atom. The average Bonchev–Trinajstić information content (AvgIpc) is 3.37. The molecule has 5 rings (SSSR count). The van der Waals surface area contributed by atoms with Crippen LogP contribution in [-0.4, -0.2) is 24.8 Å². The minimum atomic E-state index is -3.41. The van der Waals surface area contributed by atoms with Crippen molar-refractivity contribution < 1.29 is 13.2 Å². The Kier molecular flexibility index (Phi) is 7.68. The summed E-state index contributed by atoms with van der Waals surface area (Å²) < 4.78 is 31.7. The number of hydrogen-bond acceptors (Lipinski definition) is 5. The van der Waals surface area contributed by atoms with E-state index in [1.807, 2.05) is 43.5 Å². The van der Waals surface area contributed by atoms with Crippen LogP contribution < -0.4 is 4.74 Å². The molecule has 1 aliphatic heterocycles. The van der Waals surface area contributed by atoms with Crippen LogP contribution in [0.4, 0.5) is 0 Å². The number of ether oxygens (including phenoxy) is 1. The Labute approximate surface area is 219 Å². The van der Waals surface area contributed by atoms with E-state index in [4.69, 9.17) is 4.74 Å². The first-order chi connectivity index (χ1) is 18.0.